The Bertz CT molecular complexity index is 338. The number of hydrogen-bond donors (Lipinski definition) is 2. The Kier molecular flexibility index (Phi) is 3.90. The summed E-state index contributed by atoms with van der Waals surface area (Å²) in [7, 11) is 0. The average molecular weight is 255 g/mol. The van der Waals surface area contributed by atoms with E-state index in [1.165, 1.54) is 0 Å². The van der Waals surface area contributed by atoms with Crippen LogP contribution in [-0.4, -0.2) is 35.2 Å². The molecular weight excluding hydrogens is 234 g/mol. The quantitative estimate of drug-likeness (QED) is 0.797. The fourth-order valence-electron chi connectivity index (χ4n) is 3.01. The van der Waals surface area contributed by atoms with Gasteiger partial charge in [0.1, 0.15) is 11.6 Å². The summed E-state index contributed by atoms with van der Waals surface area (Å²) in [4.78, 5) is 23.5. The minimum absolute atomic E-state index is 0.260. The fourth-order valence-corrected chi connectivity index (χ4v) is 3.01. The van der Waals surface area contributed by atoms with Crippen LogP contribution in [0.4, 0.5) is 0 Å². The highest BCUT2D eigenvalue weighted by molar-refractivity contribution is 5.89. The van der Waals surface area contributed by atoms with Gasteiger partial charge in [-0.1, -0.05) is 19.8 Å². The van der Waals surface area contributed by atoms with Crippen molar-refractivity contribution in [2.75, 3.05) is 6.61 Å². The van der Waals surface area contributed by atoms with Gasteiger partial charge in [0.2, 0.25) is 5.91 Å². The SMILES string of the molecule is CC1CCCC(NC(=O)C2CCCO2)(C(=O)O)C1. The van der Waals surface area contributed by atoms with Crippen molar-refractivity contribution in [3.63, 3.8) is 0 Å². The number of hydrogen-bond acceptors (Lipinski definition) is 3. The molecule has 1 amide bonds. The Balaban J connectivity index is 2.05. The Labute approximate surface area is 107 Å². The molecule has 1 aliphatic heterocycles. The van der Waals surface area contributed by atoms with E-state index in [9.17, 15) is 14.7 Å². The minimum atomic E-state index is -1.08. The molecule has 2 fully saturated rings. The molecule has 0 aromatic heterocycles. The van der Waals surface area contributed by atoms with Crippen LogP contribution in [0, 0.1) is 5.92 Å². The van der Waals surface area contributed by atoms with Crippen LogP contribution in [0.15, 0.2) is 0 Å². The maximum Gasteiger partial charge on any atom is 0.329 e. The summed E-state index contributed by atoms with van der Waals surface area (Å²) in [5, 5.41) is 12.2. The zero-order chi connectivity index (χ0) is 13.2. The third kappa shape index (κ3) is 2.66. The molecule has 0 aromatic carbocycles. The molecule has 2 N–H and O–H groups in total. The number of carbonyl (C=O) groups is 2. The monoisotopic (exact) mass is 255 g/mol. The van der Waals surface area contributed by atoms with Crippen molar-refractivity contribution >= 4 is 11.9 Å². The first-order valence-corrected chi connectivity index (χ1v) is 6.70. The predicted octanol–water partition coefficient (Wildman–Crippen LogP) is 1.32. The van der Waals surface area contributed by atoms with E-state index in [4.69, 9.17) is 4.74 Å². The van der Waals surface area contributed by atoms with E-state index in [2.05, 4.69) is 5.32 Å². The maximum absolute atomic E-state index is 12.0. The van der Waals surface area contributed by atoms with Gasteiger partial charge in [-0.2, -0.15) is 0 Å². The van der Waals surface area contributed by atoms with Crippen LogP contribution in [0.25, 0.3) is 0 Å². The molecule has 1 heterocycles. The Morgan fingerprint density at radius 3 is 2.67 bits per heavy atom. The second kappa shape index (κ2) is 5.26. The normalized spacial score (nSPS) is 36.3. The summed E-state index contributed by atoms with van der Waals surface area (Å²) < 4.78 is 5.30. The molecule has 2 aliphatic rings. The first-order chi connectivity index (χ1) is 8.53. The number of carbonyl (C=O) groups excluding carboxylic acids is 1. The van der Waals surface area contributed by atoms with Crippen molar-refractivity contribution in [2.24, 2.45) is 5.92 Å². The third-order valence-electron chi connectivity index (χ3n) is 3.99. The fraction of sp³-hybridized carbons (Fsp3) is 0.846. The Morgan fingerprint density at radius 2 is 2.11 bits per heavy atom. The summed E-state index contributed by atoms with van der Waals surface area (Å²) in [6.45, 7) is 2.63. The summed E-state index contributed by atoms with van der Waals surface area (Å²) in [5.41, 5.74) is -1.08. The van der Waals surface area contributed by atoms with Crippen LogP contribution >= 0.6 is 0 Å². The average Bonchev–Trinajstić information content (AvgIpc) is 2.82. The van der Waals surface area contributed by atoms with Gasteiger partial charge >= 0.3 is 5.97 Å². The molecule has 3 unspecified atom stereocenters. The zero-order valence-corrected chi connectivity index (χ0v) is 10.8. The molecule has 0 aromatic rings. The van der Waals surface area contributed by atoms with Gasteiger partial charge in [-0.05, 0) is 31.6 Å². The Morgan fingerprint density at radius 1 is 1.33 bits per heavy atom. The van der Waals surface area contributed by atoms with E-state index in [0.717, 1.165) is 19.3 Å². The number of carboxylic acids is 1. The number of aliphatic carboxylic acids is 1. The first-order valence-electron chi connectivity index (χ1n) is 6.70. The van der Waals surface area contributed by atoms with Gasteiger partial charge in [-0.25, -0.2) is 4.79 Å². The van der Waals surface area contributed by atoms with Crippen LogP contribution < -0.4 is 5.32 Å². The van der Waals surface area contributed by atoms with Gasteiger partial charge in [-0.3, -0.25) is 4.79 Å². The van der Waals surface area contributed by atoms with Crippen molar-refractivity contribution in [2.45, 2.75) is 57.1 Å². The molecule has 3 atom stereocenters. The van der Waals surface area contributed by atoms with E-state index >= 15 is 0 Å². The highest BCUT2D eigenvalue weighted by Crippen LogP contribution is 2.33. The smallest absolute Gasteiger partial charge is 0.329 e. The largest absolute Gasteiger partial charge is 0.480 e. The van der Waals surface area contributed by atoms with E-state index in [0.29, 0.717) is 31.8 Å². The van der Waals surface area contributed by atoms with E-state index in [1.54, 1.807) is 0 Å². The lowest BCUT2D eigenvalue weighted by Gasteiger charge is -2.37. The lowest BCUT2D eigenvalue weighted by atomic mass is 9.76. The third-order valence-corrected chi connectivity index (χ3v) is 3.99. The number of amides is 1. The molecule has 102 valence electrons. The van der Waals surface area contributed by atoms with Gasteiger partial charge in [0.15, 0.2) is 0 Å². The number of rotatable bonds is 3. The standard InChI is InChI=1S/C13H21NO4/c1-9-4-2-6-13(8-9,12(16)17)14-11(15)10-5-3-7-18-10/h9-10H,2-8H2,1H3,(H,14,15)(H,16,17). The number of nitrogens with one attached hydrogen (secondary N) is 1. The zero-order valence-electron chi connectivity index (χ0n) is 10.8. The molecule has 0 spiro atoms. The van der Waals surface area contributed by atoms with Gasteiger partial charge < -0.3 is 15.2 Å². The van der Waals surface area contributed by atoms with Gasteiger partial charge in [0.25, 0.3) is 0 Å². The molecule has 0 radical (unpaired) electrons. The van der Waals surface area contributed by atoms with E-state index in [-0.39, 0.29) is 5.91 Å². The van der Waals surface area contributed by atoms with Crippen molar-refractivity contribution in [3.05, 3.63) is 0 Å². The topological polar surface area (TPSA) is 75.6 Å². The maximum atomic E-state index is 12.0. The van der Waals surface area contributed by atoms with Crippen LogP contribution in [0.1, 0.15) is 45.4 Å². The molecule has 0 bridgehead atoms. The van der Waals surface area contributed by atoms with Crippen LogP contribution in [0.3, 0.4) is 0 Å². The Hall–Kier alpha value is -1.10. The second-order valence-corrected chi connectivity index (χ2v) is 5.58. The van der Waals surface area contributed by atoms with E-state index in [1.807, 2.05) is 6.92 Å². The predicted molar refractivity (Wildman–Crippen MR) is 65.1 cm³/mol. The van der Waals surface area contributed by atoms with E-state index < -0.39 is 17.6 Å². The highest BCUT2D eigenvalue weighted by atomic mass is 16.5. The molecular formula is C13H21NO4. The van der Waals surface area contributed by atoms with Gasteiger partial charge in [0.05, 0.1) is 0 Å². The number of ether oxygens (including phenoxy) is 1. The summed E-state index contributed by atoms with van der Waals surface area (Å²) in [6, 6.07) is 0. The molecule has 18 heavy (non-hydrogen) atoms. The molecule has 1 saturated carbocycles. The highest BCUT2D eigenvalue weighted by Gasteiger charge is 2.44. The molecule has 5 nitrogen and oxygen atoms in total. The van der Waals surface area contributed by atoms with Gasteiger partial charge in [0, 0.05) is 6.61 Å². The second-order valence-electron chi connectivity index (χ2n) is 5.58. The van der Waals surface area contributed by atoms with Crippen LogP contribution in [0.2, 0.25) is 0 Å². The minimum Gasteiger partial charge on any atom is -0.480 e. The molecule has 5 heteroatoms. The van der Waals surface area contributed by atoms with Crippen molar-refractivity contribution < 1.29 is 19.4 Å². The van der Waals surface area contributed by atoms with Crippen LogP contribution in [-0.2, 0) is 14.3 Å². The van der Waals surface area contributed by atoms with Crippen LogP contribution in [0.5, 0.6) is 0 Å². The summed E-state index contributed by atoms with van der Waals surface area (Å²) in [5.74, 6) is -0.843. The lowest BCUT2D eigenvalue weighted by Crippen LogP contribution is -2.58. The van der Waals surface area contributed by atoms with Gasteiger partial charge in [-0.15, -0.1) is 0 Å². The molecule has 1 aliphatic carbocycles. The summed E-state index contributed by atoms with van der Waals surface area (Å²) >= 11 is 0. The summed E-state index contributed by atoms with van der Waals surface area (Å²) in [6.07, 6.45) is 4.01. The first kappa shape index (κ1) is 13.3. The molecule has 2 rings (SSSR count). The lowest BCUT2D eigenvalue weighted by molar-refractivity contribution is -0.151. The van der Waals surface area contributed by atoms with Crippen molar-refractivity contribution in [1.29, 1.82) is 0 Å². The number of carboxylic acid groups (broad SMARTS) is 1. The van der Waals surface area contributed by atoms with Crippen molar-refractivity contribution in [3.8, 4) is 0 Å². The van der Waals surface area contributed by atoms with Crippen molar-refractivity contribution in [1.82, 2.24) is 5.32 Å². The molecule has 1 saturated heterocycles.